The van der Waals surface area contributed by atoms with Gasteiger partial charge in [0, 0.05) is 24.5 Å². The Morgan fingerprint density at radius 2 is 1.60 bits per heavy atom. The second kappa shape index (κ2) is 12.1. The molecule has 0 spiro atoms. The van der Waals surface area contributed by atoms with Crippen molar-refractivity contribution in [3.05, 3.63) is 111 Å². The molecule has 1 atom stereocenters. The molecule has 0 unspecified atom stereocenters. The molecule has 1 aliphatic heterocycles. The molecule has 1 amide bonds. The number of aromatic nitrogens is 1. The number of aliphatic carboxylic acids is 1. The van der Waals surface area contributed by atoms with Crippen LogP contribution in [0.3, 0.4) is 0 Å². The Balaban J connectivity index is 1.38. The third kappa shape index (κ3) is 5.89. The quantitative estimate of drug-likeness (QED) is 0.181. The summed E-state index contributed by atoms with van der Waals surface area (Å²) < 4.78 is 79.7. The smallest absolute Gasteiger partial charge is 0.417 e. The van der Waals surface area contributed by atoms with Crippen molar-refractivity contribution in [3.8, 4) is 11.1 Å². The molecule has 47 heavy (non-hydrogen) atoms. The molecule has 13 heteroatoms. The summed E-state index contributed by atoms with van der Waals surface area (Å²) in [6.45, 7) is 0.702. The van der Waals surface area contributed by atoms with Crippen LogP contribution in [-0.2, 0) is 29.2 Å². The highest BCUT2D eigenvalue weighted by atomic mass is 19.4. The van der Waals surface area contributed by atoms with Crippen molar-refractivity contribution in [1.82, 2.24) is 9.88 Å². The fraction of sp³-hybridized carbons (Fsp3) is 0.206. The van der Waals surface area contributed by atoms with E-state index in [4.69, 9.17) is 4.74 Å². The number of rotatable bonds is 8. The van der Waals surface area contributed by atoms with E-state index in [1.54, 1.807) is 6.07 Å². The molecule has 5 aromatic rings. The van der Waals surface area contributed by atoms with Crippen LogP contribution in [0.25, 0.3) is 32.8 Å². The maximum absolute atomic E-state index is 14.9. The number of alkyl halides is 3. The fourth-order valence-corrected chi connectivity index (χ4v) is 5.89. The zero-order valence-electron chi connectivity index (χ0n) is 24.6. The first-order valence-corrected chi connectivity index (χ1v) is 14.4. The largest absolute Gasteiger partial charge is 0.480 e. The minimum absolute atomic E-state index is 0.0229. The normalized spacial score (nSPS) is 14.2. The summed E-state index contributed by atoms with van der Waals surface area (Å²) >= 11 is 0. The number of hydrogen-bond acceptors (Lipinski definition) is 5. The number of halogens is 5. The molecule has 0 saturated carbocycles. The molecular formula is C34H26F5N3O5. The van der Waals surface area contributed by atoms with E-state index < -0.39 is 64.4 Å². The second-order valence-corrected chi connectivity index (χ2v) is 11.2. The third-order valence-electron chi connectivity index (χ3n) is 8.17. The summed E-state index contributed by atoms with van der Waals surface area (Å²) in [6.07, 6.45) is -5.29. The predicted octanol–water partition coefficient (Wildman–Crippen LogP) is 5.89. The van der Waals surface area contributed by atoms with Gasteiger partial charge in [0.25, 0.3) is 11.5 Å². The number of amides is 1. The minimum atomic E-state index is -4.90. The fourth-order valence-electron chi connectivity index (χ4n) is 5.89. The lowest BCUT2D eigenvalue weighted by molar-refractivity contribution is -0.139. The minimum Gasteiger partial charge on any atom is -0.480 e. The van der Waals surface area contributed by atoms with Gasteiger partial charge >= 0.3 is 12.1 Å². The number of carbonyl (C=O) groups is 2. The van der Waals surface area contributed by atoms with Crippen LogP contribution in [0.15, 0.2) is 77.6 Å². The van der Waals surface area contributed by atoms with E-state index in [1.807, 2.05) is 0 Å². The van der Waals surface area contributed by atoms with Gasteiger partial charge in [0.1, 0.15) is 23.2 Å². The van der Waals surface area contributed by atoms with Crippen LogP contribution in [0.2, 0.25) is 0 Å². The SMILES string of the molecule is Cn1c(=O)c(-c2cccc3c(C[C@H](NC(=O)c4c(F)cc(NC5COC5)cc4F)C(=O)O)cccc23)c(C(F)(F)F)c2ccccc21. The van der Waals surface area contributed by atoms with Crippen LogP contribution >= 0.6 is 0 Å². The highest BCUT2D eigenvalue weighted by Gasteiger charge is 2.38. The maximum atomic E-state index is 14.9. The van der Waals surface area contributed by atoms with E-state index in [9.17, 15) is 41.4 Å². The van der Waals surface area contributed by atoms with Crippen molar-refractivity contribution < 1.29 is 41.4 Å². The number of aryl methyl sites for hydroxylation is 1. The number of ether oxygens (including phenoxy) is 1. The second-order valence-electron chi connectivity index (χ2n) is 11.2. The summed E-state index contributed by atoms with van der Waals surface area (Å²) in [5.41, 5.74) is -3.07. The number of hydrogen-bond donors (Lipinski definition) is 3. The topological polar surface area (TPSA) is 110 Å². The number of carboxylic acids is 1. The Hall–Kier alpha value is -5.30. The van der Waals surface area contributed by atoms with E-state index >= 15 is 0 Å². The summed E-state index contributed by atoms with van der Waals surface area (Å²) in [6, 6.07) is 14.6. The molecule has 3 N–H and O–H groups in total. The summed E-state index contributed by atoms with van der Waals surface area (Å²) in [4.78, 5) is 38.7. The van der Waals surface area contributed by atoms with Gasteiger partial charge in [-0.25, -0.2) is 13.6 Å². The van der Waals surface area contributed by atoms with Crippen molar-refractivity contribution in [2.24, 2.45) is 7.05 Å². The molecule has 0 radical (unpaired) electrons. The van der Waals surface area contributed by atoms with Gasteiger partial charge in [0.15, 0.2) is 0 Å². The monoisotopic (exact) mass is 651 g/mol. The van der Waals surface area contributed by atoms with Gasteiger partial charge in [-0.1, -0.05) is 54.6 Å². The standard InChI is InChI=1S/C34H26F5N3O5/c1-42-27-11-3-2-7-23(27)30(34(37,38)39)28(32(42)44)22-10-5-8-20-17(6-4-9-21(20)22)12-26(33(45)46)41-31(43)29-24(35)13-18(14-25(29)36)40-19-15-47-16-19/h2-11,13-14,19,26,40H,12,15-16H2,1H3,(H,41,43)(H,45,46)/t26-/m0/s1. The average molecular weight is 652 g/mol. The Morgan fingerprint density at radius 3 is 2.23 bits per heavy atom. The molecule has 8 nitrogen and oxygen atoms in total. The van der Waals surface area contributed by atoms with Crippen molar-refractivity contribution in [2.45, 2.75) is 24.7 Å². The number of carboxylic acid groups (broad SMARTS) is 1. The highest BCUT2D eigenvalue weighted by Crippen LogP contribution is 2.42. The molecule has 6 rings (SSSR count). The lowest BCUT2D eigenvalue weighted by Gasteiger charge is -2.28. The van der Waals surface area contributed by atoms with Gasteiger partial charge in [-0.3, -0.25) is 9.59 Å². The molecule has 1 aromatic heterocycles. The van der Waals surface area contributed by atoms with Crippen LogP contribution in [0.4, 0.5) is 27.6 Å². The summed E-state index contributed by atoms with van der Waals surface area (Å²) in [7, 11) is 1.38. The molecule has 2 heterocycles. The Morgan fingerprint density at radius 1 is 0.957 bits per heavy atom. The maximum Gasteiger partial charge on any atom is 0.417 e. The molecule has 1 saturated heterocycles. The number of pyridine rings is 1. The van der Waals surface area contributed by atoms with Crippen LogP contribution < -0.4 is 16.2 Å². The van der Waals surface area contributed by atoms with E-state index in [0.29, 0.717) is 24.2 Å². The zero-order valence-corrected chi connectivity index (χ0v) is 24.6. The highest BCUT2D eigenvalue weighted by molar-refractivity contribution is 6.02. The van der Waals surface area contributed by atoms with Gasteiger partial charge in [0.05, 0.1) is 35.9 Å². The first-order valence-electron chi connectivity index (χ1n) is 14.4. The summed E-state index contributed by atoms with van der Waals surface area (Å²) in [5, 5.41) is 15.4. The predicted molar refractivity (Wildman–Crippen MR) is 164 cm³/mol. The number of carbonyl (C=O) groups excluding carboxylic acids is 1. The van der Waals surface area contributed by atoms with Crippen molar-refractivity contribution in [3.63, 3.8) is 0 Å². The van der Waals surface area contributed by atoms with Crippen LogP contribution in [0.5, 0.6) is 0 Å². The van der Waals surface area contributed by atoms with Gasteiger partial charge in [-0.15, -0.1) is 0 Å². The number of anilines is 1. The van der Waals surface area contributed by atoms with E-state index in [1.165, 1.54) is 61.6 Å². The van der Waals surface area contributed by atoms with Crippen molar-refractivity contribution in [1.29, 1.82) is 0 Å². The number of benzene rings is 4. The van der Waals surface area contributed by atoms with Gasteiger partial charge in [-0.2, -0.15) is 13.2 Å². The third-order valence-corrected chi connectivity index (χ3v) is 8.17. The lowest BCUT2D eigenvalue weighted by atomic mass is 9.90. The molecule has 242 valence electrons. The van der Waals surface area contributed by atoms with E-state index in [2.05, 4.69) is 10.6 Å². The molecule has 1 fully saturated rings. The van der Waals surface area contributed by atoms with E-state index in [-0.39, 0.29) is 33.6 Å². The van der Waals surface area contributed by atoms with Crippen molar-refractivity contribution in [2.75, 3.05) is 18.5 Å². The Kier molecular flexibility index (Phi) is 8.18. The molecule has 1 aliphatic rings. The lowest BCUT2D eigenvalue weighted by Crippen LogP contribution is -2.43. The summed E-state index contributed by atoms with van der Waals surface area (Å²) in [5.74, 6) is -5.23. The van der Waals surface area contributed by atoms with Gasteiger partial charge in [-0.05, 0) is 40.1 Å². The zero-order chi connectivity index (χ0) is 33.6. The number of nitrogens with one attached hydrogen (secondary N) is 2. The van der Waals surface area contributed by atoms with Crippen LogP contribution in [-0.4, -0.2) is 46.8 Å². The van der Waals surface area contributed by atoms with Crippen LogP contribution in [0.1, 0.15) is 21.5 Å². The molecule has 0 bridgehead atoms. The number of para-hydroxylation sites is 1. The van der Waals surface area contributed by atoms with Crippen molar-refractivity contribution >= 4 is 39.2 Å². The Labute approximate surface area is 263 Å². The Bertz CT molecular complexity index is 2100. The number of fused-ring (bicyclic) bond motifs is 2. The first-order chi connectivity index (χ1) is 22.3. The molecule has 0 aliphatic carbocycles. The van der Waals surface area contributed by atoms with Gasteiger partial charge < -0.3 is 25.0 Å². The van der Waals surface area contributed by atoms with Crippen LogP contribution in [0, 0.1) is 11.6 Å². The van der Waals surface area contributed by atoms with E-state index in [0.717, 1.165) is 16.7 Å². The average Bonchev–Trinajstić information content (AvgIpc) is 2.99. The molecular weight excluding hydrogens is 625 g/mol. The molecule has 4 aromatic carbocycles. The van der Waals surface area contributed by atoms with Gasteiger partial charge in [0.2, 0.25) is 0 Å². The number of nitrogens with zero attached hydrogens (tertiary/aromatic N) is 1. The first kappa shape index (κ1) is 31.7.